The van der Waals surface area contributed by atoms with Crippen molar-refractivity contribution in [1.29, 1.82) is 0 Å². The van der Waals surface area contributed by atoms with Gasteiger partial charge in [0.05, 0.1) is 18.2 Å². The first-order valence-electron chi connectivity index (χ1n) is 5.79. The Morgan fingerprint density at radius 2 is 2.16 bits per heavy atom. The molecule has 0 atom stereocenters. The van der Waals surface area contributed by atoms with E-state index in [4.69, 9.17) is 4.42 Å². The summed E-state index contributed by atoms with van der Waals surface area (Å²) >= 11 is 1.48. The minimum absolute atomic E-state index is 0.145. The third-order valence-electron chi connectivity index (χ3n) is 2.32. The van der Waals surface area contributed by atoms with Crippen LogP contribution in [-0.4, -0.2) is 17.9 Å². The Labute approximate surface area is 115 Å². The van der Waals surface area contributed by atoms with Crippen molar-refractivity contribution in [3.8, 4) is 0 Å². The summed E-state index contributed by atoms with van der Waals surface area (Å²) in [5.74, 6) is 0.790. The van der Waals surface area contributed by atoms with Gasteiger partial charge < -0.3 is 4.42 Å². The van der Waals surface area contributed by atoms with Crippen molar-refractivity contribution in [1.82, 2.24) is 5.43 Å². The Morgan fingerprint density at radius 3 is 2.84 bits per heavy atom. The normalized spacial score (nSPS) is 10.8. The van der Waals surface area contributed by atoms with E-state index in [2.05, 4.69) is 10.5 Å². The van der Waals surface area contributed by atoms with Gasteiger partial charge >= 0.3 is 0 Å². The van der Waals surface area contributed by atoms with E-state index in [-0.39, 0.29) is 5.91 Å². The second kappa shape index (κ2) is 6.80. The molecule has 0 bridgehead atoms. The molecule has 1 aromatic heterocycles. The van der Waals surface area contributed by atoms with Gasteiger partial charge in [-0.15, -0.1) is 11.8 Å². The van der Waals surface area contributed by atoms with Gasteiger partial charge in [0.15, 0.2) is 0 Å². The average Bonchev–Trinajstić information content (AvgIpc) is 2.91. The van der Waals surface area contributed by atoms with Gasteiger partial charge in [-0.3, -0.25) is 4.79 Å². The lowest BCUT2D eigenvalue weighted by Gasteiger charge is -2.01. The highest BCUT2D eigenvalue weighted by molar-refractivity contribution is 8.00. The quantitative estimate of drug-likeness (QED) is 0.518. The molecule has 1 amide bonds. The van der Waals surface area contributed by atoms with Gasteiger partial charge in [0, 0.05) is 4.90 Å². The Balaban J connectivity index is 1.74. The first-order valence-corrected chi connectivity index (χ1v) is 6.77. The fourth-order valence-corrected chi connectivity index (χ4v) is 2.04. The number of carbonyl (C=O) groups is 1. The van der Waals surface area contributed by atoms with Gasteiger partial charge in [0.2, 0.25) is 5.91 Å². The van der Waals surface area contributed by atoms with E-state index in [0.29, 0.717) is 11.5 Å². The number of furan rings is 1. The largest absolute Gasteiger partial charge is 0.463 e. The molecular weight excluding hydrogens is 260 g/mol. The van der Waals surface area contributed by atoms with Crippen molar-refractivity contribution in [3.05, 3.63) is 54.0 Å². The zero-order chi connectivity index (χ0) is 13.5. The first kappa shape index (κ1) is 13.4. The lowest BCUT2D eigenvalue weighted by atomic mass is 10.2. The molecule has 0 saturated heterocycles. The number of hydrazone groups is 1. The van der Waals surface area contributed by atoms with Crippen molar-refractivity contribution in [2.45, 2.75) is 11.8 Å². The number of hydrogen-bond acceptors (Lipinski definition) is 4. The number of nitrogens with zero attached hydrogens (tertiary/aromatic N) is 1. The van der Waals surface area contributed by atoms with E-state index in [1.807, 2.05) is 31.2 Å². The van der Waals surface area contributed by atoms with Gasteiger partial charge in [0.1, 0.15) is 5.76 Å². The monoisotopic (exact) mass is 274 g/mol. The number of hydrogen-bond donors (Lipinski definition) is 1. The molecule has 1 N–H and O–H groups in total. The molecule has 2 rings (SSSR count). The number of nitrogens with one attached hydrogen (secondary N) is 1. The SMILES string of the molecule is Cc1ccc(SCC(=O)N/N=C\c2ccco2)cc1. The number of carbonyl (C=O) groups excluding carboxylic acids is 1. The highest BCUT2D eigenvalue weighted by atomic mass is 32.2. The summed E-state index contributed by atoms with van der Waals surface area (Å²) in [4.78, 5) is 12.6. The molecule has 2 aromatic rings. The second-order valence-corrected chi connectivity index (χ2v) is 4.96. The molecule has 0 unspecified atom stereocenters. The lowest BCUT2D eigenvalue weighted by Crippen LogP contribution is -2.19. The molecule has 5 heteroatoms. The third-order valence-corrected chi connectivity index (χ3v) is 3.33. The van der Waals surface area contributed by atoms with Crippen LogP contribution in [0.1, 0.15) is 11.3 Å². The molecule has 0 aliphatic heterocycles. The van der Waals surface area contributed by atoms with Gasteiger partial charge in [-0.25, -0.2) is 5.43 Å². The molecular formula is C14H14N2O2S. The van der Waals surface area contributed by atoms with Crippen molar-refractivity contribution in [2.75, 3.05) is 5.75 Å². The molecule has 0 radical (unpaired) electrons. The van der Waals surface area contributed by atoms with Crippen molar-refractivity contribution in [3.63, 3.8) is 0 Å². The summed E-state index contributed by atoms with van der Waals surface area (Å²) in [6.45, 7) is 2.03. The number of rotatable bonds is 5. The van der Waals surface area contributed by atoms with Crippen LogP contribution in [0, 0.1) is 6.92 Å². The number of thioether (sulfide) groups is 1. The van der Waals surface area contributed by atoms with E-state index in [1.54, 1.807) is 18.4 Å². The number of amides is 1. The molecule has 98 valence electrons. The highest BCUT2D eigenvalue weighted by Crippen LogP contribution is 2.17. The van der Waals surface area contributed by atoms with E-state index in [9.17, 15) is 4.79 Å². The van der Waals surface area contributed by atoms with Crippen molar-refractivity contribution in [2.24, 2.45) is 5.10 Å². The van der Waals surface area contributed by atoms with Crippen LogP contribution in [-0.2, 0) is 4.79 Å². The molecule has 0 saturated carbocycles. The van der Waals surface area contributed by atoms with Crippen LogP contribution in [0.3, 0.4) is 0 Å². The van der Waals surface area contributed by atoms with E-state index >= 15 is 0 Å². The molecule has 0 aliphatic carbocycles. The average molecular weight is 274 g/mol. The Kier molecular flexibility index (Phi) is 4.80. The third kappa shape index (κ3) is 4.63. The van der Waals surface area contributed by atoms with Gasteiger partial charge in [-0.2, -0.15) is 5.10 Å². The number of aryl methyl sites for hydroxylation is 1. The van der Waals surface area contributed by atoms with Crippen LogP contribution in [0.4, 0.5) is 0 Å². The summed E-state index contributed by atoms with van der Waals surface area (Å²) in [5, 5.41) is 3.81. The molecule has 0 aliphatic rings. The highest BCUT2D eigenvalue weighted by Gasteiger charge is 2.01. The first-order chi connectivity index (χ1) is 9.24. The van der Waals surface area contributed by atoms with Gasteiger partial charge in [-0.1, -0.05) is 17.7 Å². The number of benzene rings is 1. The Morgan fingerprint density at radius 1 is 1.37 bits per heavy atom. The van der Waals surface area contributed by atoms with Crippen LogP contribution in [0.5, 0.6) is 0 Å². The minimum Gasteiger partial charge on any atom is -0.463 e. The maximum absolute atomic E-state index is 11.5. The van der Waals surface area contributed by atoms with Crippen LogP contribution in [0.15, 0.2) is 57.1 Å². The van der Waals surface area contributed by atoms with E-state index in [1.165, 1.54) is 23.5 Å². The van der Waals surface area contributed by atoms with Gasteiger partial charge in [-0.05, 0) is 31.2 Å². The van der Waals surface area contributed by atoms with Crippen LogP contribution in [0.2, 0.25) is 0 Å². The van der Waals surface area contributed by atoms with Gasteiger partial charge in [0.25, 0.3) is 0 Å². The standard InChI is InChI=1S/C14H14N2O2S/c1-11-4-6-13(7-5-11)19-10-14(17)16-15-9-12-3-2-8-18-12/h2-9H,10H2,1H3,(H,16,17)/b15-9-. The molecule has 19 heavy (non-hydrogen) atoms. The van der Waals surface area contributed by atoms with Crippen molar-refractivity contribution >= 4 is 23.9 Å². The van der Waals surface area contributed by atoms with E-state index in [0.717, 1.165) is 4.90 Å². The van der Waals surface area contributed by atoms with Crippen molar-refractivity contribution < 1.29 is 9.21 Å². The molecule has 4 nitrogen and oxygen atoms in total. The zero-order valence-electron chi connectivity index (χ0n) is 10.5. The maximum atomic E-state index is 11.5. The van der Waals surface area contributed by atoms with Crippen LogP contribution >= 0.6 is 11.8 Å². The smallest absolute Gasteiger partial charge is 0.250 e. The maximum Gasteiger partial charge on any atom is 0.250 e. The van der Waals surface area contributed by atoms with Crippen LogP contribution in [0.25, 0.3) is 0 Å². The summed E-state index contributed by atoms with van der Waals surface area (Å²) < 4.78 is 5.05. The topological polar surface area (TPSA) is 54.6 Å². The summed E-state index contributed by atoms with van der Waals surface area (Å²) in [7, 11) is 0. The van der Waals surface area contributed by atoms with E-state index < -0.39 is 0 Å². The molecule has 1 aromatic carbocycles. The fourth-order valence-electron chi connectivity index (χ4n) is 1.35. The Hall–Kier alpha value is -2.01. The predicted molar refractivity (Wildman–Crippen MR) is 76.3 cm³/mol. The predicted octanol–water partition coefficient (Wildman–Crippen LogP) is 2.83. The zero-order valence-corrected chi connectivity index (χ0v) is 11.3. The summed E-state index contributed by atoms with van der Waals surface area (Å²) in [6, 6.07) is 11.6. The van der Waals surface area contributed by atoms with Crippen LogP contribution < -0.4 is 5.43 Å². The lowest BCUT2D eigenvalue weighted by molar-refractivity contribution is -0.118. The fraction of sp³-hybridized carbons (Fsp3) is 0.143. The summed E-state index contributed by atoms with van der Waals surface area (Å²) in [6.07, 6.45) is 3.02. The second-order valence-electron chi connectivity index (χ2n) is 3.91. The molecule has 0 spiro atoms. The molecule has 1 heterocycles. The minimum atomic E-state index is -0.145. The molecule has 0 fully saturated rings. The Bertz CT molecular complexity index is 547. The summed E-state index contributed by atoms with van der Waals surface area (Å²) in [5.41, 5.74) is 3.66.